The van der Waals surface area contributed by atoms with Crippen LogP contribution in [0.4, 0.5) is 11.4 Å². The molecule has 0 aliphatic carbocycles. The standard InChI is InChI=1S/C10H15N3O4S/c1-8-3-4-9(7-10(8)13(14)15)11-5-6-12-18(2,16)17/h3-4,7,11-12H,5-6H2,1-2H3. The normalized spacial score (nSPS) is 11.2. The molecular weight excluding hydrogens is 258 g/mol. The van der Waals surface area contributed by atoms with Crippen molar-refractivity contribution < 1.29 is 13.3 Å². The Kier molecular flexibility index (Phi) is 4.62. The van der Waals surface area contributed by atoms with Crippen LogP contribution in [0.3, 0.4) is 0 Å². The van der Waals surface area contributed by atoms with Crippen molar-refractivity contribution in [2.24, 2.45) is 0 Å². The first-order valence-corrected chi connectivity index (χ1v) is 7.12. The molecular formula is C10H15N3O4S. The van der Waals surface area contributed by atoms with Gasteiger partial charge in [-0.15, -0.1) is 0 Å². The number of nitro groups is 1. The lowest BCUT2D eigenvalue weighted by Gasteiger charge is -2.07. The number of nitro benzene ring substituents is 1. The number of aryl methyl sites for hydroxylation is 1. The number of benzene rings is 1. The maximum Gasteiger partial charge on any atom is 0.274 e. The molecule has 1 aromatic rings. The van der Waals surface area contributed by atoms with E-state index in [0.717, 1.165) is 6.26 Å². The third-order valence-corrected chi connectivity index (χ3v) is 2.95. The number of sulfonamides is 1. The molecule has 0 bridgehead atoms. The van der Waals surface area contributed by atoms with Crippen LogP contribution in [0.2, 0.25) is 0 Å². The van der Waals surface area contributed by atoms with Gasteiger partial charge in [0.05, 0.1) is 11.2 Å². The minimum Gasteiger partial charge on any atom is -0.384 e. The van der Waals surface area contributed by atoms with E-state index in [9.17, 15) is 18.5 Å². The molecule has 0 saturated heterocycles. The van der Waals surface area contributed by atoms with Crippen molar-refractivity contribution in [1.29, 1.82) is 0 Å². The van der Waals surface area contributed by atoms with Crippen molar-refractivity contribution in [3.63, 3.8) is 0 Å². The maximum absolute atomic E-state index is 10.8. The summed E-state index contributed by atoms with van der Waals surface area (Å²) in [6.45, 7) is 2.24. The summed E-state index contributed by atoms with van der Waals surface area (Å²) in [7, 11) is -3.21. The summed E-state index contributed by atoms with van der Waals surface area (Å²) in [5.74, 6) is 0. The van der Waals surface area contributed by atoms with E-state index in [-0.39, 0.29) is 12.2 Å². The van der Waals surface area contributed by atoms with Gasteiger partial charge in [0.1, 0.15) is 0 Å². The highest BCUT2D eigenvalue weighted by molar-refractivity contribution is 7.88. The fourth-order valence-electron chi connectivity index (χ4n) is 1.36. The molecule has 0 spiro atoms. The lowest BCUT2D eigenvalue weighted by Crippen LogP contribution is -2.27. The molecule has 7 nitrogen and oxygen atoms in total. The van der Waals surface area contributed by atoms with E-state index < -0.39 is 14.9 Å². The molecule has 0 unspecified atom stereocenters. The summed E-state index contributed by atoms with van der Waals surface area (Å²) >= 11 is 0. The van der Waals surface area contributed by atoms with E-state index in [1.54, 1.807) is 19.1 Å². The molecule has 0 saturated carbocycles. The molecule has 100 valence electrons. The van der Waals surface area contributed by atoms with Gasteiger partial charge in [-0.05, 0) is 13.0 Å². The van der Waals surface area contributed by atoms with E-state index >= 15 is 0 Å². The summed E-state index contributed by atoms with van der Waals surface area (Å²) < 4.78 is 23.9. The first-order chi connectivity index (χ1) is 8.29. The lowest BCUT2D eigenvalue weighted by molar-refractivity contribution is -0.385. The highest BCUT2D eigenvalue weighted by Crippen LogP contribution is 2.21. The molecule has 0 fully saturated rings. The fourth-order valence-corrected chi connectivity index (χ4v) is 1.83. The summed E-state index contributed by atoms with van der Waals surface area (Å²) in [4.78, 5) is 10.3. The molecule has 0 aliphatic heterocycles. The molecule has 0 radical (unpaired) electrons. The Balaban J connectivity index is 2.58. The molecule has 0 atom stereocenters. The third kappa shape index (κ3) is 4.68. The Morgan fingerprint density at radius 3 is 2.56 bits per heavy atom. The van der Waals surface area contributed by atoms with Gasteiger partial charge in [0.25, 0.3) is 5.69 Å². The smallest absolute Gasteiger partial charge is 0.274 e. The van der Waals surface area contributed by atoms with Crippen molar-refractivity contribution in [2.45, 2.75) is 6.92 Å². The number of hydrogen-bond donors (Lipinski definition) is 2. The average Bonchev–Trinajstić information content (AvgIpc) is 2.24. The first-order valence-electron chi connectivity index (χ1n) is 5.23. The highest BCUT2D eigenvalue weighted by atomic mass is 32.2. The zero-order valence-corrected chi connectivity index (χ0v) is 11.0. The Labute approximate surface area is 105 Å². The maximum atomic E-state index is 10.8. The van der Waals surface area contributed by atoms with Crippen molar-refractivity contribution in [3.8, 4) is 0 Å². The second-order valence-electron chi connectivity index (χ2n) is 3.85. The van der Waals surface area contributed by atoms with Crippen LogP contribution in [0.1, 0.15) is 5.56 Å². The van der Waals surface area contributed by atoms with E-state index in [4.69, 9.17) is 0 Å². The predicted molar refractivity (Wildman–Crippen MR) is 69.2 cm³/mol. The Morgan fingerprint density at radius 1 is 1.33 bits per heavy atom. The molecule has 8 heteroatoms. The van der Waals surface area contributed by atoms with Crippen molar-refractivity contribution in [2.75, 3.05) is 24.7 Å². The molecule has 1 aromatic carbocycles. The van der Waals surface area contributed by atoms with E-state index in [1.807, 2.05) is 0 Å². The molecule has 18 heavy (non-hydrogen) atoms. The van der Waals surface area contributed by atoms with Crippen molar-refractivity contribution in [3.05, 3.63) is 33.9 Å². The van der Waals surface area contributed by atoms with Gasteiger partial charge in [-0.25, -0.2) is 13.1 Å². The largest absolute Gasteiger partial charge is 0.384 e. The van der Waals surface area contributed by atoms with E-state index in [2.05, 4.69) is 10.0 Å². The number of nitrogens with one attached hydrogen (secondary N) is 2. The van der Waals surface area contributed by atoms with Crippen LogP contribution in [0.25, 0.3) is 0 Å². The summed E-state index contributed by atoms with van der Waals surface area (Å²) in [6, 6.07) is 4.78. The summed E-state index contributed by atoms with van der Waals surface area (Å²) in [5, 5.41) is 13.6. The van der Waals surface area contributed by atoms with Crippen LogP contribution < -0.4 is 10.0 Å². The van der Waals surface area contributed by atoms with Crippen LogP contribution in [-0.2, 0) is 10.0 Å². The highest BCUT2D eigenvalue weighted by Gasteiger charge is 2.10. The van der Waals surface area contributed by atoms with Crippen molar-refractivity contribution in [1.82, 2.24) is 4.72 Å². The Morgan fingerprint density at radius 2 is 2.00 bits per heavy atom. The zero-order chi connectivity index (χ0) is 13.8. The third-order valence-electron chi connectivity index (χ3n) is 2.22. The number of hydrogen-bond acceptors (Lipinski definition) is 5. The SMILES string of the molecule is Cc1ccc(NCCNS(C)(=O)=O)cc1[N+](=O)[O-]. The van der Waals surface area contributed by atoms with Gasteiger partial charge in [0.2, 0.25) is 10.0 Å². The average molecular weight is 273 g/mol. The molecule has 0 heterocycles. The monoisotopic (exact) mass is 273 g/mol. The summed E-state index contributed by atoms with van der Waals surface area (Å²) in [6.07, 6.45) is 1.07. The molecule has 0 aromatic heterocycles. The van der Waals surface area contributed by atoms with Gasteiger partial charge in [-0.3, -0.25) is 10.1 Å². The number of rotatable bonds is 6. The summed E-state index contributed by atoms with van der Waals surface area (Å²) in [5.41, 5.74) is 1.21. The van der Waals surface area contributed by atoms with Crippen LogP contribution in [0, 0.1) is 17.0 Å². The van der Waals surface area contributed by atoms with Gasteiger partial charge in [0, 0.05) is 30.4 Å². The molecule has 2 N–H and O–H groups in total. The van der Waals surface area contributed by atoms with Crippen LogP contribution in [0.15, 0.2) is 18.2 Å². The van der Waals surface area contributed by atoms with Gasteiger partial charge >= 0.3 is 0 Å². The molecule has 0 amide bonds. The topological polar surface area (TPSA) is 101 Å². The molecule has 0 aliphatic rings. The first kappa shape index (κ1) is 14.4. The number of anilines is 1. The Bertz CT molecular complexity index is 542. The van der Waals surface area contributed by atoms with E-state index in [1.165, 1.54) is 6.07 Å². The van der Waals surface area contributed by atoms with Gasteiger partial charge < -0.3 is 5.32 Å². The lowest BCUT2D eigenvalue weighted by atomic mass is 10.2. The Hall–Kier alpha value is -1.67. The van der Waals surface area contributed by atoms with Crippen LogP contribution in [-0.4, -0.2) is 32.7 Å². The zero-order valence-electron chi connectivity index (χ0n) is 10.1. The van der Waals surface area contributed by atoms with Crippen LogP contribution >= 0.6 is 0 Å². The fraction of sp³-hybridized carbons (Fsp3) is 0.400. The predicted octanol–water partition coefficient (Wildman–Crippen LogP) is 0.864. The van der Waals surface area contributed by atoms with Gasteiger partial charge in [-0.1, -0.05) is 6.07 Å². The molecule has 1 rings (SSSR count). The second-order valence-corrected chi connectivity index (χ2v) is 5.68. The minimum absolute atomic E-state index is 0.0380. The second kappa shape index (κ2) is 5.78. The number of nitrogens with zero attached hydrogens (tertiary/aromatic N) is 1. The van der Waals surface area contributed by atoms with Crippen molar-refractivity contribution >= 4 is 21.4 Å². The quantitative estimate of drug-likeness (QED) is 0.455. The van der Waals surface area contributed by atoms with Gasteiger partial charge in [0.15, 0.2) is 0 Å². The van der Waals surface area contributed by atoms with Crippen LogP contribution in [0.5, 0.6) is 0 Å². The minimum atomic E-state index is -3.21. The van der Waals surface area contributed by atoms with E-state index in [0.29, 0.717) is 17.8 Å². The van der Waals surface area contributed by atoms with Gasteiger partial charge in [-0.2, -0.15) is 0 Å².